The summed E-state index contributed by atoms with van der Waals surface area (Å²) >= 11 is 2.26. The van der Waals surface area contributed by atoms with Gasteiger partial charge >= 0.3 is 0 Å². The molecular formula is C19H21IN6O4. The molecule has 158 valence electrons. The van der Waals surface area contributed by atoms with E-state index in [-0.39, 0.29) is 0 Å². The zero-order valence-electron chi connectivity index (χ0n) is 16.3. The van der Waals surface area contributed by atoms with Crippen molar-refractivity contribution in [3.63, 3.8) is 0 Å². The monoisotopic (exact) mass is 524 g/mol. The highest BCUT2D eigenvalue weighted by molar-refractivity contribution is 14.1. The maximum atomic E-state index is 11.9. The smallest absolute Gasteiger partial charge is 0.251 e. The summed E-state index contributed by atoms with van der Waals surface area (Å²) in [6.45, 7) is 2.30. The second-order valence-electron chi connectivity index (χ2n) is 6.97. The largest absolute Gasteiger partial charge is 0.387 e. The summed E-state index contributed by atoms with van der Waals surface area (Å²) in [6.07, 6.45) is -3.42. The lowest BCUT2D eigenvalue weighted by Crippen LogP contribution is -2.41. The number of benzene rings is 1. The SMILES string of the molecule is CNC(=O)[C@H]1O[C@@H](n2cnc3c(NCc4cccc(I)c4)nc(C)nc32)[C@H](O)[C@@H]1O. The number of carbonyl (C=O) groups is 1. The molecule has 1 aliphatic heterocycles. The van der Waals surface area contributed by atoms with Crippen LogP contribution in [0, 0.1) is 10.5 Å². The number of rotatable bonds is 5. The molecule has 0 saturated carbocycles. The molecule has 4 atom stereocenters. The molecule has 0 spiro atoms. The molecule has 4 N–H and O–H groups in total. The number of hydrogen-bond acceptors (Lipinski definition) is 8. The van der Waals surface area contributed by atoms with Crippen LogP contribution in [-0.4, -0.2) is 61.0 Å². The maximum absolute atomic E-state index is 11.9. The number of carbonyl (C=O) groups excluding carboxylic acids is 1. The molecule has 0 radical (unpaired) electrons. The van der Waals surface area contributed by atoms with Crippen LogP contribution in [0.4, 0.5) is 5.82 Å². The number of anilines is 1. The molecule has 1 amide bonds. The van der Waals surface area contributed by atoms with Gasteiger partial charge in [0.05, 0.1) is 6.33 Å². The van der Waals surface area contributed by atoms with E-state index >= 15 is 0 Å². The van der Waals surface area contributed by atoms with Gasteiger partial charge in [-0.15, -0.1) is 0 Å². The van der Waals surface area contributed by atoms with E-state index in [1.807, 2.05) is 18.2 Å². The van der Waals surface area contributed by atoms with Crippen molar-refractivity contribution >= 4 is 45.5 Å². The predicted molar refractivity (Wildman–Crippen MR) is 117 cm³/mol. The van der Waals surface area contributed by atoms with Gasteiger partial charge in [-0.3, -0.25) is 9.36 Å². The average molecular weight is 524 g/mol. The van der Waals surface area contributed by atoms with Crippen LogP contribution < -0.4 is 10.6 Å². The zero-order chi connectivity index (χ0) is 21.4. The molecule has 1 aliphatic rings. The van der Waals surface area contributed by atoms with E-state index in [0.717, 1.165) is 9.13 Å². The first-order chi connectivity index (χ1) is 14.4. The summed E-state index contributed by atoms with van der Waals surface area (Å²) in [7, 11) is 1.44. The van der Waals surface area contributed by atoms with Crippen molar-refractivity contribution in [1.82, 2.24) is 24.8 Å². The predicted octanol–water partition coefficient (Wildman–Crippen LogP) is 0.717. The van der Waals surface area contributed by atoms with Crippen molar-refractivity contribution in [1.29, 1.82) is 0 Å². The number of amides is 1. The van der Waals surface area contributed by atoms with Gasteiger partial charge in [0.1, 0.15) is 18.0 Å². The molecular weight excluding hydrogens is 503 g/mol. The van der Waals surface area contributed by atoms with Crippen molar-refractivity contribution in [3.05, 3.63) is 45.6 Å². The minimum Gasteiger partial charge on any atom is -0.387 e. The Morgan fingerprint density at radius 1 is 1.30 bits per heavy atom. The molecule has 10 nitrogen and oxygen atoms in total. The normalized spacial score (nSPS) is 23.6. The number of halogens is 1. The highest BCUT2D eigenvalue weighted by Gasteiger charge is 2.47. The van der Waals surface area contributed by atoms with Crippen molar-refractivity contribution in [2.75, 3.05) is 12.4 Å². The topological polar surface area (TPSA) is 134 Å². The summed E-state index contributed by atoms with van der Waals surface area (Å²) in [4.78, 5) is 25.2. The third-order valence-electron chi connectivity index (χ3n) is 4.90. The van der Waals surface area contributed by atoms with Gasteiger partial charge in [-0.05, 0) is 47.2 Å². The van der Waals surface area contributed by atoms with E-state index in [1.165, 1.54) is 17.9 Å². The molecule has 1 fully saturated rings. The van der Waals surface area contributed by atoms with Gasteiger partial charge in [-0.25, -0.2) is 15.0 Å². The Balaban J connectivity index is 1.64. The third-order valence-corrected chi connectivity index (χ3v) is 5.57. The molecule has 3 heterocycles. The minimum absolute atomic E-state index is 0.432. The maximum Gasteiger partial charge on any atom is 0.251 e. The van der Waals surface area contributed by atoms with E-state index in [2.05, 4.69) is 54.2 Å². The minimum atomic E-state index is -1.37. The molecule has 30 heavy (non-hydrogen) atoms. The first-order valence-corrected chi connectivity index (χ1v) is 10.4. The van der Waals surface area contributed by atoms with Crippen molar-refractivity contribution < 1.29 is 19.7 Å². The van der Waals surface area contributed by atoms with Crippen LogP contribution in [-0.2, 0) is 16.1 Å². The number of aliphatic hydroxyl groups excluding tert-OH is 2. The zero-order valence-corrected chi connectivity index (χ0v) is 18.4. The van der Waals surface area contributed by atoms with Crippen LogP contribution >= 0.6 is 22.6 Å². The second kappa shape index (κ2) is 8.41. The van der Waals surface area contributed by atoms with Crippen LogP contribution in [0.2, 0.25) is 0 Å². The molecule has 1 aromatic carbocycles. The number of fused-ring (bicyclic) bond motifs is 1. The van der Waals surface area contributed by atoms with E-state index < -0.39 is 30.4 Å². The van der Waals surface area contributed by atoms with Gasteiger partial charge < -0.3 is 25.6 Å². The van der Waals surface area contributed by atoms with Gasteiger partial charge in [0.15, 0.2) is 29.3 Å². The van der Waals surface area contributed by atoms with Crippen LogP contribution in [0.1, 0.15) is 17.6 Å². The number of nitrogens with zero attached hydrogens (tertiary/aromatic N) is 4. The summed E-state index contributed by atoms with van der Waals surface area (Å²) in [5.74, 6) is 0.537. The Labute approximate surface area is 185 Å². The van der Waals surface area contributed by atoms with Crippen molar-refractivity contribution in [3.8, 4) is 0 Å². The number of nitrogens with one attached hydrogen (secondary N) is 2. The van der Waals surface area contributed by atoms with Crippen molar-refractivity contribution in [2.45, 2.75) is 38.0 Å². The van der Waals surface area contributed by atoms with Crippen LogP contribution in [0.25, 0.3) is 11.2 Å². The number of likely N-dealkylation sites (N-methyl/N-ethyl adjacent to an activating group) is 1. The van der Waals surface area contributed by atoms with Gasteiger partial charge in [-0.1, -0.05) is 12.1 Å². The Hall–Kier alpha value is -2.35. The van der Waals surface area contributed by atoms with Gasteiger partial charge in [-0.2, -0.15) is 0 Å². The van der Waals surface area contributed by atoms with E-state index in [4.69, 9.17) is 4.74 Å². The fourth-order valence-electron chi connectivity index (χ4n) is 3.42. The fourth-order valence-corrected chi connectivity index (χ4v) is 4.02. The number of ether oxygens (including phenoxy) is 1. The van der Waals surface area contributed by atoms with Gasteiger partial charge in [0, 0.05) is 17.2 Å². The third kappa shape index (κ3) is 3.85. The molecule has 0 unspecified atom stereocenters. The number of hydrogen-bond donors (Lipinski definition) is 4. The fraction of sp³-hybridized carbons (Fsp3) is 0.368. The van der Waals surface area contributed by atoms with Crippen molar-refractivity contribution in [2.24, 2.45) is 0 Å². The second-order valence-corrected chi connectivity index (χ2v) is 8.22. The molecule has 11 heteroatoms. The number of aryl methyl sites for hydroxylation is 1. The lowest BCUT2D eigenvalue weighted by atomic mass is 10.1. The Morgan fingerprint density at radius 2 is 2.10 bits per heavy atom. The number of aromatic nitrogens is 4. The van der Waals surface area contributed by atoms with Crippen LogP contribution in [0.15, 0.2) is 30.6 Å². The summed E-state index contributed by atoms with van der Waals surface area (Å²) < 4.78 is 8.29. The molecule has 0 aliphatic carbocycles. The van der Waals surface area contributed by atoms with Crippen LogP contribution in [0.3, 0.4) is 0 Å². The average Bonchev–Trinajstić information content (AvgIpc) is 3.27. The lowest BCUT2D eigenvalue weighted by molar-refractivity contribution is -0.137. The standard InChI is InChI=1S/C19H21IN6O4/c1-9-24-16(22-7-10-4-3-5-11(20)6-10)12-17(25-9)26(8-23-12)19-14(28)13(27)15(30-19)18(29)21-2/h3-6,8,13-15,19,27-28H,7H2,1-2H3,(H,21,29)(H,22,24,25)/t13-,14+,15-,19+/m0/s1. The molecule has 4 rings (SSSR count). The Morgan fingerprint density at radius 3 is 2.83 bits per heavy atom. The number of imidazole rings is 1. The molecule has 2 aromatic heterocycles. The van der Waals surface area contributed by atoms with Gasteiger partial charge in [0.2, 0.25) is 0 Å². The Bertz CT molecular complexity index is 1090. The van der Waals surface area contributed by atoms with E-state index in [9.17, 15) is 15.0 Å². The highest BCUT2D eigenvalue weighted by atomic mass is 127. The molecule has 0 bridgehead atoms. The Kier molecular flexibility index (Phi) is 5.86. The molecule has 1 saturated heterocycles. The summed E-state index contributed by atoms with van der Waals surface area (Å²) in [6, 6.07) is 8.09. The van der Waals surface area contributed by atoms with E-state index in [1.54, 1.807) is 6.92 Å². The quantitative estimate of drug-likeness (QED) is 0.359. The van der Waals surface area contributed by atoms with Crippen LogP contribution in [0.5, 0.6) is 0 Å². The first kappa shape index (κ1) is 20.9. The lowest BCUT2D eigenvalue weighted by Gasteiger charge is -2.16. The van der Waals surface area contributed by atoms with E-state index in [0.29, 0.717) is 29.4 Å². The summed E-state index contributed by atoms with van der Waals surface area (Å²) in [5, 5.41) is 26.4. The molecule has 3 aromatic rings. The highest BCUT2D eigenvalue weighted by Crippen LogP contribution is 2.32. The van der Waals surface area contributed by atoms with Gasteiger partial charge in [0.25, 0.3) is 5.91 Å². The number of aliphatic hydroxyl groups is 2. The summed E-state index contributed by atoms with van der Waals surface area (Å²) in [5.41, 5.74) is 2.03. The first-order valence-electron chi connectivity index (χ1n) is 9.31.